The van der Waals surface area contributed by atoms with E-state index in [9.17, 15) is 4.79 Å². The molecule has 11 nitrogen and oxygen atoms in total. The van der Waals surface area contributed by atoms with Gasteiger partial charge in [0.05, 0.1) is 31.5 Å². The van der Waals surface area contributed by atoms with Gasteiger partial charge < -0.3 is 28.8 Å². The molecule has 0 radical (unpaired) electrons. The minimum absolute atomic E-state index is 0.0200. The fourth-order valence-corrected chi connectivity index (χ4v) is 5.25. The van der Waals surface area contributed by atoms with E-state index < -0.39 is 5.60 Å². The highest BCUT2D eigenvalue weighted by molar-refractivity contribution is 5.88. The molecule has 4 heterocycles. The van der Waals surface area contributed by atoms with Gasteiger partial charge in [-0.2, -0.15) is 4.98 Å². The Morgan fingerprint density at radius 1 is 1.05 bits per heavy atom. The Morgan fingerprint density at radius 2 is 1.86 bits per heavy atom. The van der Waals surface area contributed by atoms with Crippen molar-refractivity contribution in [1.29, 1.82) is 0 Å². The van der Waals surface area contributed by atoms with Crippen LogP contribution < -0.4 is 14.8 Å². The van der Waals surface area contributed by atoms with Crippen LogP contribution in [0.4, 0.5) is 10.7 Å². The predicted octanol–water partition coefficient (Wildman–Crippen LogP) is 6.06. The number of piperidine rings is 1. The molecule has 1 aliphatic rings. The van der Waals surface area contributed by atoms with Gasteiger partial charge >= 0.3 is 6.09 Å². The van der Waals surface area contributed by atoms with E-state index in [-0.39, 0.29) is 12.1 Å². The molecule has 1 unspecified atom stereocenters. The van der Waals surface area contributed by atoms with E-state index in [2.05, 4.69) is 10.3 Å². The van der Waals surface area contributed by atoms with Crippen LogP contribution in [0.15, 0.2) is 59.3 Å². The number of carbonyl (C=O) groups is 1. The number of hydrogen-bond acceptors (Lipinski definition) is 9. The molecule has 2 aromatic carbocycles. The second kappa shape index (κ2) is 10.9. The minimum atomic E-state index is -0.547. The number of rotatable bonds is 6. The zero-order chi connectivity index (χ0) is 29.4. The lowest BCUT2D eigenvalue weighted by Gasteiger charge is -2.34. The van der Waals surface area contributed by atoms with Crippen LogP contribution in [0, 0.1) is 0 Å². The molecule has 5 aromatic rings. The topological polar surface area (TPSA) is 117 Å². The van der Waals surface area contributed by atoms with Crippen molar-refractivity contribution in [2.75, 3.05) is 32.6 Å². The summed E-state index contributed by atoms with van der Waals surface area (Å²) >= 11 is 0. The highest BCUT2D eigenvalue weighted by atomic mass is 16.6. The van der Waals surface area contributed by atoms with Gasteiger partial charge in [0.25, 0.3) is 0 Å². The molecule has 1 N–H and O–H groups in total. The molecular weight excluding hydrogens is 536 g/mol. The molecule has 1 amide bonds. The maximum Gasteiger partial charge on any atom is 0.410 e. The van der Waals surface area contributed by atoms with E-state index in [0.29, 0.717) is 42.2 Å². The lowest BCUT2D eigenvalue weighted by Crippen LogP contribution is -2.47. The molecule has 0 spiro atoms. The SMILES string of the molecule is COc1cc2nc(-c3ccc4occc4c3)n(-c3ccnc(NC4CCCN(C(=O)OC(C)(C)C)C4)n3)c2cc1OC. The van der Waals surface area contributed by atoms with Crippen molar-refractivity contribution in [2.24, 2.45) is 0 Å². The third-order valence-corrected chi connectivity index (χ3v) is 7.15. The number of nitrogens with zero attached hydrogens (tertiary/aromatic N) is 5. The van der Waals surface area contributed by atoms with Gasteiger partial charge in [0.1, 0.15) is 22.8 Å². The fraction of sp³-hybridized carbons (Fsp3) is 0.355. The molecule has 0 aliphatic carbocycles. The van der Waals surface area contributed by atoms with Crippen molar-refractivity contribution in [3.63, 3.8) is 0 Å². The maximum atomic E-state index is 12.7. The smallest absolute Gasteiger partial charge is 0.410 e. The highest BCUT2D eigenvalue weighted by Crippen LogP contribution is 2.36. The summed E-state index contributed by atoms with van der Waals surface area (Å²) in [5.41, 5.74) is 2.67. The summed E-state index contributed by atoms with van der Waals surface area (Å²) in [5, 5.41) is 4.41. The Balaban J connectivity index is 1.37. The van der Waals surface area contributed by atoms with Gasteiger partial charge in [-0.3, -0.25) is 4.57 Å². The number of ether oxygens (including phenoxy) is 3. The standard InChI is InChI=1S/C31H34N6O5/c1-31(2,3)42-30(38)36-13-6-7-21(18-36)33-29-32-12-10-27(35-29)37-23-17-26(40-5)25(39-4)16-22(23)34-28(37)20-8-9-24-19(15-20)11-14-41-24/h8-12,14-17,21H,6-7,13,18H2,1-5H3,(H,32,33,35). The van der Waals surface area contributed by atoms with Gasteiger partial charge in [0.2, 0.25) is 5.95 Å². The summed E-state index contributed by atoms with van der Waals surface area (Å²) < 4.78 is 24.3. The number of fused-ring (bicyclic) bond motifs is 2. The van der Waals surface area contributed by atoms with Gasteiger partial charge in [-0.15, -0.1) is 0 Å². The minimum Gasteiger partial charge on any atom is -0.493 e. The van der Waals surface area contributed by atoms with E-state index in [0.717, 1.165) is 40.4 Å². The van der Waals surface area contributed by atoms with Crippen molar-refractivity contribution in [1.82, 2.24) is 24.4 Å². The van der Waals surface area contributed by atoms with Crippen LogP contribution in [-0.2, 0) is 4.74 Å². The zero-order valence-corrected chi connectivity index (χ0v) is 24.4. The molecule has 1 atom stereocenters. The number of amides is 1. The predicted molar refractivity (Wildman–Crippen MR) is 159 cm³/mol. The van der Waals surface area contributed by atoms with Crippen molar-refractivity contribution in [3.8, 4) is 28.7 Å². The van der Waals surface area contributed by atoms with Gasteiger partial charge in [-0.25, -0.2) is 14.8 Å². The van der Waals surface area contributed by atoms with E-state index in [1.807, 2.05) is 67.8 Å². The van der Waals surface area contributed by atoms with Crippen LogP contribution in [0.25, 0.3) is 39.2 Å². The first kappa shape index (κ1) is 27.4. The lowest BCUT2D eigenvalue weighted by molar-refractivity contribution is 0.0206. The number of hydrogen-bond donors (Lipinski definition) is 1. The molecule has 1 saturated heterocycles. The molecule has 6 rings (SSSR count). The Hall–Kier alpha value is -4.80. The number of benzene rings is 2. The number of imidazole rings is 1. The summed E-state index contributed by atoms with van der Waals surface area (Å²) in [6.45, 7) is 6.78. The third kappa shape index (κ3) is 5.41. The number of aromatic nitrogens is 4. The first-order chi connectivity index (χ1) is 20.2. The summed E-state index contributed by atoms with van der Waals surface area (Å²) in [6, 6.07) is 13.5. The van der Waals surface area contributed by atoms with Crippen LogP contribution >= 0.6 is 0 Å². The monoisotopic (exact) mass is 570 g/mol. The van der Waals surface area contributed by atoms with Gasteiger partial charge in [0, 0.05) is 48.4 Å². The van der Waals surface area contributed by atoms with E-state index in [1.165, 1.54) is 0 Å². The summed E-state index contributed by atoms with van der Waals surface area (Å²) in [6.07, 6.45) is 4.82. The van der Waals surface area contributed by atoms with Crippen LogP contribution in [0.2, 0.25) is 0 Å². The summed E-state index contributed by atoms with van der Waals surface area (Å²) in [7, 11) is 3.21. The van der Waals surface area contributed by atoms with Gasteiger partial charge in [-0.1, -0.05) is 0 Å². The lowest BCUT2D eigenvalue weighted by atomic mass is 10.1. The average Bonchev–Trinajstić information content (AvgIpc) is 3.59. The van der Waals surface area contributed by atoms with Crippen molar-refractivity contribution in [2.45, 2.75) is 45.3 Å². The summed E-state index contributed by atoms with van der Waals surface area (Å²) in [5.74, 6) is 2.96. The number of anilines is 1. The Kier molecular flexibility index (Phi) is 7.09. The van der Waals surface area contributed by atoms with Crippen LogP contribution in [0.3, 0.4) is 0 Å². The van der Waals surface area contributed by atoms with Crippen LogP contribution in [0.1, 0.15) is 33.6 Å². The van der Waals surface area contributed by atoms with Crippen molar-refractivity contribution in [3.05, 3.63) is 54.9 Å². The average molecular weight is 571 g/mol. The second-order valence-electron chi connectivity index (χ2n) is 11.3. The van der Waals surface area contributed by atoms with Crippen molar-refractivity contribution < 1.29 is 23.4 Å². The number of methoxy groups -OCH3 is 2. The third-order valence-electron chi connectivity index (χ3n) is 7.15. The molecule has 0 bridgehead atoms. The molecule has 3 aromatic heterocycles. The Bertz CT molecular complexity index is 1750. The quantitative estimate of drug-likeness (QED) is 0.260. The number of carbonyl (C=O) groups excluding carboxylic acids is 1. The number of nitrogens with one attached hydrogen (secondary N) is 1. The number of furan rings is 1. The second-order valence-corrected chi connectivity index (χ2v) is 11.3. The first-order valence-electron chi connectivity index (χ1n) is 13.9. The number of likely N-dealkylation sites (tertiary alicyclic amines) is 1. The van der Waals surface area contributed by atoms with Gasteiger partial charge in [0.15, 0.2) is 11.5 Å². The van der Waals surface area contributed by atoms with Gasteiger partial charge in [-0.05, 0) is 63.9 Å². The largest absolute Gasteiger partial charge is 0.493 e. The van der Waals surface area contributed by atoms with E-state index in [1.54, 1.807) is 31.6 Å². The first-order valence-corrected chi connectivity index (χ1v) is 13.9. The fourth-order valence-electron chi connectivity index (χ4n) is 5.25. The molecular formula is C31H34N6O5. The normalized spacial score (nSPS) is 15.6. The molecule has 218 valence electrons. The molecule has 1 fully saturated rings. The highest BCUT2D eigenvalue weighted by Gasteiger charge is 2.28. The Labute approximate surface area is 243 Å². The molecule has 11 heteroatoms. The Morgan fingerprint density at radius 3 is 2.64 bits per heavy atom. The van der Waals surface area contributed by atoms with Crippen LogP contribution in [-0.4, -0.2) is 69.5 Å². The van der Waals surface area contributed by atoms with Crippen LogP contribution in [0.5, 0.6) is 11.5 Å². The van der Waals surface area contributed by atoms with E-state index >= 15 is 0 Å². The molecule has 0 saturated carbocycles. The molecule has 42 heavy (non-hydrogen) atoms. The zero-order valence-electron chi connectivity index (χ0n) is 24.4. The molecule has 1 aliphatic heterocycles. The van der Waals surface area contributed by atoms with E-state index in [4.69, 9.17) is 28.6 Å². The summed E-state index contributed by atoms with van der Waals surface area (Å²) in [4.78, 5) is 28.8. The van der Waals surface area contributed by atoms with Crippen molar-refractivity contribution >= 4 is 34.0 Å². The maximum absolute atomic E-state index is 12.7.